The van der Waals surface area contributed by atoms with Gasteiger partial charge >= 0.3 is 6.03 Å². The van der Waals surface area contributed by atoms with Crippen LogP contribution in [0.5, 0.6) is 0 Å². The van der Waals surface area contributed by atoms with Crippen molar-refractivity contribution in [2.75, 3.05) is 26.7 Å². The van der Waals surface area contributed by atoms with Crippen molar-refractivity contribution in [1.82, 2.24) is 15.1 Å². The molecule has 1 aromatic rings. The average molecular weight is 388 g/mol. The summed E-state index contributed by atoms with van der Waals surface area (Å²) < 4.78 is 0. The number of amides is 3. The number of carbonyl (C=O) groups excluding carboxylic acids is 2. The quantitative estimate of drug-likeness (QED) is 0.788. The van der Waals surface area contributed by atoms with Crippen molar-refractivity contribution in [1.29, 1.82) is 0 Å². The largest absolute Gasteiger partial charge is 0.388 e. The number of urea groups is 1. The lowest BCUT2D eigenvalue weighted by Gasteiger charge is -2.34. The monoisotopic (exact) mass is 387 g/mol. The normalized spacial score (nSPS) is 19.4. The van der Waals surface area contributed by atoms with E-state index in [-0.39, 0.29) is 18.0 Å². The molecular weight excluding hydrogens is 354 g/mol. The summed E-state index contributed by atoms with van der Waals surface area (Å²) in [6, 6.07) is 9.51. The van der Waals surface area contributed by atoms with Gasteiger partial charge in [-0.1, -0.05) is 43.2 Å². The van der Waals surface area contributed by atoms with E-state index >= 15 is 0 Å². The third kappa shape index (κ3) is 5.47. The molecule has 1 aliphatic heterocycles. The number of carbonyl (C=O) groups is 2. The molecule has 0 bridgehead atoms. The van der Waals surface area contributed by atoms with Crippen molar-refractivity contribution in [3.8, 4) is 0 Å². The van der Waals surface area contributed by atoms with Crippen LogP contribution in [0.1, 0.15) is 56.6 Å². The van der Waals surface area contributed by atoms with Gasteiger partial charge in [-0.25, -0.2) is 4.79 Å². The van der Waals surface area contributed by atoms with Gasteiger partial charge in [0.2, 0.25) is 5.91 Å². The van der Waals surface area contributed by atoms with Gasteiger partial charge in [-0.05, 0) is 37.7 Å². The van der Waals surface area contributed by atoms with Crippen molar-refractivity contribution in [3.05, 3.63) is 35.9 Å². The van der Waals surface area contributed by atoms with Gasteiger partial charge in [0.1, 0.15) is 0 Å². The van der Waals surface area contributed by atoms with E-state index in [1.807, 2.05) is 35.2 Å². The lowest BCUT2D eigenvalue weighted by Crippen LogP contribution is -2.50. The van der Waals surface area contributed by atoms with E-state index in [2.05, 4.69) is 5.32 Å². The molecule has 1 saturated carbocycles. The highest BCUT2D eigenvalue weighted by atomic mass is 16.3. The lowest BCUT2D eigenvalue weighted by molar-refractivity contribution is -0.136. The predicted molar refractivity (Wildman–Crippen MR) is 109 cm³/mol. The van der Waals surface area contributed by atoms with Gasteiger partial charge in [-0.2, -0.15) is 0 Å². The van der Waals surface area contributed by atoms with Crippen LogP contribution in [-0.4, -0.2) is 59.6 Å². The maximum Gasteiger partial charge on any atom is 0.317 e. The van der Waals surface area contributed by atoms with Crippen LogP contribution in [0.2, 0.25) is 0 Å². The summed E-state index contributed by atoms with van der Waals surface area (Å²) in [7, 11) is 1.76. The molecule has 0 aromatic heterocycles. The molecule has 6 heteroatoms. The Hall–Kier alpha value is -2.08. The van der Waals surface area contributed by atoms with Crippen LogP contribution < -0.4 is 5.32 Å². The molecule has 3 amide bonds. The van der Waals surface area contributed by atoms with Crippen molar-refractivity contribution in [3.63, 3.8) is 0 Å². The van der Waals surface area contributed by atoms with E-state index in [9.17, 15) is 14.7 Å². The number of aliphatic hydroxyl groups excluding tert-OH is 1. The second kappa shape index (κ2) is 9.92. The van der Waals surface area contributed by atoms with Crippen LogP contribution in [-0.2, 0) is 4.79 Å². The number of benzene rings is 1. The SMILES string of the molecule is CN(CC[C@H](O)c1ccccc1)C(=O)NC1CCN(C(=O)C2CCCC2)CC1. The summed E-state index contributed by atoms with van der Waals surface area (Å²) in [4.78, 5) is 28.6. The molecule has 1 aromatic carbocycles. The average Bonchev–Trinajstić information content (AvgIpc) is 3.27. The van der Waals surface area contributed by atoms with E-state index < -0.39 is 6.10 Å². The fraction of sp³-hybridized carbons (Fsp3) is 0.636. The first-order valence-corrected chi connectivity index (χ1v) is 10.6. The number of rotatable bonds is 6. The molecule has 154 valence electrons. The van der Waals surface area contributed by atoms with E-state index in [1.165, 1.54) is 12.8 Å². The van der Waals surface area contributed by atoms with Gasteiger partial charge in [-0.3, -0.25) is 4.79 Å². The van der Waals surface area contributed by atoms with Gasteiger partial charge in [0.25, 0.3) is 0 Å². The fourth-order valence-corrected chi connectivity index (χ4v) is 4.22. The van der Waals surface area contributed by atoms with Crippen LogP contribution >= 0.6 is 0 Å². The summed E-state index contributed by atoms with van der Waals surface area (Å²) >= 11 is 0. The Balaban J connectivity index is 1.37. The third-order valence-electron chi connectivity index (χ3n) is 6.11. The molecule has 2 fully saturated rings. The minimum absolute atomic E-state index is 0.110. The van der Waals surface area contributed by atoms with Crippen LogP contribution in [0, 0.1) is 5.92 Å². The predicted octanol–water partition coefficient (Wildman–Crippen LogP) is 2.93. The van der Waals surface area contributed by atoms with Crippen molar-refractivity contribution < 1.29 is 14.7 Å². The molecule has 3 rings (SSSR count). The molecule has 2 N–H and O–H groups in total. The van der Waals surface area contributed by atoms with Crippen molar-refractivity contribution >= 4 is 11.9 Å². The molecule has 0 spiro atoms. The third-order valence-corrected chi connectivity index (χ3v) is 6.11. The number of nitrogens with one attached hydrogen (secondary N) is 1. The molecule has 1 heterocycles. The maximum atomic E-state index is 12.5. The Bertz CT molecular complexity index is 638. The minimum Gasteiger partial charge on any atom is -0.388 e. The van der Waals surface area contributed by atoms with Gasteiger partial charge in [0, 0.05) is 38.6 Å². The zero-order chi connectivity index (χ0) is 19.9. The summed E-state index contributed by atoms with van der Waals surface area (Å²) in [5.74, 6) is 0.544. The number of likely N-dealkylation sites (tertiary alicyclic amines) is 1. The first-order chi connectivity index (χ1) is 13.5. The highest BCUT2D eigenvalue weighted by Crippen LogP contribution is 2.27. The van der Waals surface area contributed by atoms with E-state index in [1.54, 1.807) is 11.9 Å². The second-order valence-electron chi connectivity index (χ2n) is 8.17. The highest BCUT2D eigenvalue weighted by molar-refractivity contribution is 5.79. The maximum absolute atomic E-state index is 12.5. The molecule has 1 saturated heterocycles. The van der Waals surface area contributed by atoms with E-state index in [4.69, 9.17) is 0 Å². The molecule has 0 unspecified atom stereocenters. The first-order valence-electron chi connectivity index (χ1n) is 10.6. The minimum atomic E-state index is -0.568. The van der Waals surface area contributed by atoms with Gasteiger partial charge < -0.3 is 20.2 Å². The standard InChI is InChI=1S/C22H33N3O3/c1-24(14-13-20(26)17-7-3-2-4-8-17)22(28)23-19-11-15-25(16-12-19)21(27)18-9-5-6-10-18/h2-4,7-8,18-20,26H,5-6,9-16H2,1H3,(H,23,28)/t20-/m0/s1. The summed E-state index contributed by atoms with van der Waals surface area (Å²) in [5, 5.41) is 13.3. The molecule has 2 aliphatic rings. The van der Waals surface area contributed by atoms with Crippen LogP contribution in [0.4, 0.5) is 4.79 Å². The number of piperidine rings is 1. The molecule has 1 atom stereocenters. The Morgan fingerprint density at radius 2 is 1.79 bits per heavy atom. The Morgan fingerprint density at radius 3 is 2.43 bits per heavy atom. The summed E-state index contributed by atoms with van der Waals surface area (Å²) in [5.41, 5.74) is 0.871. The van der Waals surface area contributed by atoms with Crippen LogP contribution in [0.15, 0.2) is 30.3 Å². The zero-order valence-electron chi connectivity index (χ0n) is 16.8. The van der Waals surface area contributed by atoms with E-state index in [0.29, 0.717) is 18.9 Å². The zero-order valence-corrected chi connectivity index (χ0v) is 16.8. The fourth-order valence-electron chi connectivity index (χ4n) is 4.22. The number of hydrogen-bond donors (Lipinski definition) is 2. The van der Waals surface area contributed by atoms with Crippen molar-refractivity contribution in [2.24, 2.45) is 5.92 Å². The van der Waals surface area contributed by atoms with Gasteiger partial charge in [0.05, 0.1) is 6.10 Å². The molecule has 0 radical (unpaired) electrons. The Kier molecular flexibility index (Phi) is 7.31. The Labute approximate surface area is 167 Å². The first kappa shape index (κ1) is 20.6. The van der Waals surface area contributed by atoms with Gasteiger partial charge in [-0.15, -0.1) is 0 Å². The van der Waals surface area contributed by atoms with E-state index in [0.717, 1.165) is 44.3 Å². The number of aliphatic hydroxyl groups is 1. The summed E-state index contributed by atoms with van der Waals surface area (Å²) in [6.45, 7) is 1.95. The smallest absolute Gasteiger partial charge is 0.317 e. The summed E-state index contributed by atoms with van der Waals surface area (Å²) in [6.07, 6.45) is 5.98. The highest BCUT2D eigenvalue weighted by Gasteiger charge is 2.30. The molecule has 1 aliphatic carbocycles. The lowest BCUT2D eigenvalue weighted by atomic mass is 10.0. The van der Waals surface area contributed by atoms with Crippen molar-refractivity contribution in [2.45, 2.75) is 57.1 Å². The Morgan fingerprint density at radius 1 is 1.14 bits per heavy atom. The van der Waals surface area contributed by atoms with Crippen LogP contribution in [0.25, 0.3) is 0 Å². The van der Waals surface area contributed by atoms with Crippen LogP contribution in [0.3, 0.4) is 0 Å². The van der Waals surface area contributed by atoms with Gasteiger partial charge in [0.15, 0.2) is 0 Å². The molecule has 28 heavy (non-hydrogen) atoms. The second-order valence-corrected chi connectivity index (χ2v) is 8.17. The topological polar surface area (TPSA) is 72.9 Å². The molecular formula is C22H33N3O3. The number of nitrogens with zero attached hydrogens (tertiary/aromatic N) is 2. The number of hydrogen-bond acceptors (Lipinski definition) is 3. The molecule has 6 nitrogen and oxygen atoms in total.